The normalized spacial score (nSPS) is 11.5. The van der Waals surface area contributed by atoms with Crippen LogP contribution in [0.5, 0.6) is 0 Å². The summed E-state index contributed by atoms with van der Waals surface area (Å²) in [5, 5.41) is 4.22. The van der Waals surface area contributed by atoms with Crippen molar-refractivity contribution in [3.8, 4) is 0 Å². The zero-order valence-corrected chi connectivity index (χ0v) is 12.3. The van der Waals surface area contributed by atoms with Gasteiger partial charge in [0.05, 0.1) is 0 Å². The quantitative estimate of drug-likeness (QED) is 0.629. The molecule has 1 N–H and O–H groups in total. The fourth-order valence-corrected chi connectivity index (χ4v) is 2.30. The Morgan fingerprint density at radius 2 is 2.12 bits per heavy atom. The maximum absolute atomic E-state index is 5.93. The lowest BCUT2D eigenvalue weighted by atomic mass is 10.1. The van der Waals surface area contributed by atoms with Crippen molar-refractivity contribution in [2.45, 2.75) is 31.2 Å². The second-order valence-electron chi connectivity index (χ2n) is 5.10. The van der Waals surface area contributed by atoms with Gasteiger partial charge in [0.15, 0.2) is 0 Å². The summed E-state index contributed by atoms with van der Waals surface area (Å²) in [5.74, 6) is 0.920. The van der Waals surface area contributed by atoms with Gasteiger partial charge in [-0.2, -0.15) is 0 Å². The van der Waals surface area contributed by atoms with E-state index in [-0.39, 0.29) is 5.54 Å². The smallest absolute Gasteiger partial charge is 0.0417 e. The minimum Gasteiger partial charge on any atom is -0.308 e. The van der Waals surface area contributed by atoms with E-state index >= 15 is 0 Å². The number of hydrogen-bond acceptors (Lipinski definition) is 2. The molecule has 1 rings (SSSR count). The Morgan fingerprint density at radius 1 is 1.41 bits per heavy atom. The topological polar surface area (TPSA) is 12.0 Å². The molecular formula is C14H20ClNS. The third-order valence-corrected chi connectivity index (χ3v) is 3.48. The zero-order chi connectivity index (χ0) is 12.9. The molecule has 94 valence electrons. The molecule has 0 aliphatic carbocycles. The maximum Gasteiger partial charge on any atom is 0.0417 e. The summed E-state index contributed by atoms with van der Waals surface area (Å²) in [6.45, 7) is 11.4. The molecule has 0 unspecified atom stereocenters. The highest BCUT2D eigenvalue weighted by molar-refractivity contribution is 7.99. The van der Waals surface area contributed by atoms with Crippen molar-refractivity contribution >= 4 is 23.4 Å². The number of hydrogen-bond donors (Lipinski definition) is 1. The summed E-state index contributed by atoms with van der Waals surface area (Å²) >= 11 is 7.70. The Hall–Kier alpha value is -0.440. The molecule has 0 aliphatic heterocycles. The number of thioether (sulfide) groups is 1. The Bertz CT molecular complexity index is 382. The third kappa shape index (κ3) is 6.77. The highest BCUT2D eigenvalue weighted by atomic mass is 35.5. The molecule has 1 nitrogen and oxygen atoms in total. The zero-order valence-electron chi connectivity index (χ0n) is 10.7. The van der Waals surface area contributed by atoms with Gasteiger partial charge < -0.3 is 5.32 Å². The van der Waals surface area contributed by atoms with Gasteiger partial charge in [0.2, 0.25) is 0 Å². The predicted molar refractivity (Wildman–Crippen MR) is 79.1 cm³/mol. The lowest BCUT2D eigenvalue weighted by Gasteiger charge is -2.21. The van der Waals surface area contributed by atoms with Crippen LogP contribution in [0.4, 0.5) is 0 Å². The van der Waals surface area contributed by atoms with Gasteiger partial charge in [0.1, 0.15) is 0 Å². The average Bonchev–Trinajstić information content (AvgIpc) is 2.23. The first-order valence-electron chi connectivity index (χ1n) is 5.67. The van der Waals surface area contributed by atoms with Crippen molar-refractivity contribution in [1.29, 1.82) is 0 Å². The number of halogens is 1. The Morgan fingerprint density at radius 3 is 2.71 bits per heavy atom. The molecule has 0 heterocycles. The van der Waals surface area contributed by atoms with Gasteiger partial charge in [-0.1, -0.05) is 29.8 Å². The van der Waals surface area contributed by atoms with Crippen LogP contribution < -0.4 is 5.32 Å². The summed E-state index contributed by atoms with van der Waals surface area (Å²) in [5.41, 5.74) is 1.34. The third-order valence-electron chi connectivity index (χ3n) is 2.11. The number of nitrogens with one attached hydrogen (secondary N) is 1. The van der Waals surface area contributed by atoms with Crippen LogP contribution in [0.15, 0.2) is 41.3 Å². The van der Waals surface area contributed by atoms with E-state index in [0.717, 1.165) is 17.3 Å². The van der Waals surface area contributed by atoms with Crippen LogP contribution in [-0.2, 0) is 0 Å². The lowest BCUT2D eigenvalue weighted by Crippen LogP contribution is -2.37. The Labute approximate surface area is 114 Å². The SMILES string of the molecule is C=C(CNC(C)(C)C)CSc1cccc(Cl)c1. The molecule has 3 heteroatoms. The molecule has 0 saturated heterocycles. The molecule has 0 bridgehead atoms. The van der Waals surface area contributed by atoms with Crippen molar-refractivity contribution in [1.82, 2.24) is 5.32 Å². The molecule has 0 saturated carbocycles. The largest absolute Gasteiger partial charge is 0.308 e. The van der Waals surface area contributed by atoms with Crippen molar-refractivity contribution < 1.29 is 0 Å². The van der Waals surface area contributed by atoms with E-state index in [1.807, 2.05) is 18.2 Å². The van der Waals surface area contributed by atoms with E-state index < -0.39 is 0 Å². The standard InChI is InChI=1S/C14H20ClNS/c1-11(9-16-14(2,3)4)10-17-13-7-5-6-12(15)8-13/h5-8,16H,1,9-10H2,2-4H3. The van der Waals surface area contributed by atoms with Gasteiger partial charge in [0.25, 0.3) is 0 Å². The van der Waals surface area contributed by atoms with Crippen LogP contribution in [0.3, 0.4) is 0 Å². The maximum atomic E-state index is 5.93. The van der Waals surface area contributed by atoms with E-state index in [2.05, 4.69) is 38.7 Å². The van der Waals surface area contributed by atoms with Crippen molar-refractivity contribution in [3.05, 3.63) is 41.4 Å². The summed E-state index contributed by atoms with van der Waals surface area (Å²) in [4.78, 5) is 1.19. The number of rotatable bonds is 5. The molecule has 0 fully saturated rings. The van der Waals surface area contributed by atoms with Gasteiger partial charge in [-0.15, -0.1) is 11.8 Å². The second kappa shape index (κ2) is 6.48. The fourth-order valence-electron chi connectivity index (χ4n) is 1.18. The van der Waals surface area contributed by atoms with Crippen LogP contribution in [0.2, 0.25) is 5.02 Å². The van der Waals surface area contributed by atoms with Crippen LogP contribution in [-0.4, -0.2) is 17.8 Å². The molecule has 0 aromatic heterocycles. The minimum atomic E-state index is 0.143. The lowest BCUT2D eigenvalue weighted by molar-refractivity contribution is 0.445. The second-order valence-corrected chi connectivity index (χ2v) is 6.58. The van der Waals surface area contributed by atoms with E-state index in [1.54, 1.807) is 11.8 Å². The van der Waals surface area contributed by atoms with E-state index in [4.69, 9.17) is 11.6 Å². The molecular weight excluding hydrogens is 250 g/mol. The van der Waals surface area contributed by atoms with Crippen molar-refractivity contribution in [2.75, 3.05) is 12.3 Å². The van der Waals surface area contributed by atoms with E-state index in [1.165, 1.54) is 10.5 Å². The van der Waals surface area contributed by atoms with Gasteiger partial charge >= 0.3 is 0 Å². The molecule has 0 aliphatic rings. The van der Waals surface area contributed by atoms with Crippen molar-refractivity contribution in [3.63, 3.8) is 0 Å². The van der Waals surface area contributed by atoms with Gasteiger partial charge in [-0.05, 0) is 39.0 Å². The molecule has 0 amide bonds. The van der Waals surface area contributed by atoms with Crippen molar-refractivity contribution in [2.24, 2.45) is 0 Å². The molecule has 0 atom stereocenters. The van der Waals surface area contributed by atoms with Crippen LogP contribution >= 0.6 is 23.4 Å². The first-order valence-corrected chi connectivity index (χ1v) is 7.03. The molecule has 1 aromatic rings. The number of benzene rings is 1. The molecule has 17 heavy (non-hydrogen) atoms. The van der Waals surface area contributed by atoms with Gasteiger partial charge in [-0.3, -0.25) is 0 Å². The Balaban J connectivity index is 2.33. The monoisotopic (exact) mass is 269 g/mol. The first kappa shape index (κ1) is 14.6. The summed E-state index contributed by atoms with van der Waals surface area (Å²) < 4.78 is 0. The minimum absolute atomic E-state index is 0.143. The Kier molecular flexibility index (Phi) is 5.57. The summed E-state index contributed by atoms with van der Waals surface area (Å²) in [6, 6.07) is 7.92. The van der Waals surface area contributed by atoms with Crippen LogP contribution in [0, 0.1) is 0 Å². The first-order chi connectivity index (χ1) is 7.87. The molecule has 0 spiro atoms. The molecule has 0 radical (unpaired) electrons. The van der Waals surface area contributed by atoms with Crippen LogP contribution in [0.1, 0.15) is 20.8 Å². The summed E-state index contributed by atoms with van der Waals surface area (Å²) in [7, 11) is 0. The average molecular weight is 270 g/mol. The highest BCUT2D eigenvalue weighted by Crippen LogP contribution is 2.23. The van der Waals surface area contributed by atoms with E-state index in [9.17, 15) is 0 Å². The van der Waals surface area contributed by atoms with Gasteiger partial charge in [-0.25, -0.2) is 0 Å². The van der Waals surface area contributed by atoms with Gasteiger partial charge in [0, 0.05) is 27.8 Å². The summed E-state index contributed by atoms with van der Waals surface area (Å²) in [6.07, 6.45) is 0. The van der Waals surface area contributed by atoms with Crippen LogP contribution in [0.25, 0.3) is 0 Å². The van der Waals surface area contributed by atoms with E-state index in [0.29, 0.717) is 0 Å². The fraction of sp³-hybridized carbons (Fsp3) is 0.429. The highest BCUT2D eigenvalue weighted by Gasteiger charge is 2.08. The molecule has 1 aromatic carbocycles. The predicted octanol–water partition coefficient (Wildman–Crippen LogP) is 4.38.